The lowest BCUT2D eigenvalue weighted by atomic mass is 9.99. The number of aromatic nitrogens is 4. The van der Waals surface area contributed by atoms with E-state index in [2.05, 4.69) is 31.3 Å². The van der Waals surface area contributed by atoms with Gasteiger partial charge in [-0.05, 0) is 59.5 Å². The number of ether oxygens (including phenoxy) is 1. The Kier molecular flexibility index (Phi) is 10.3. The first-order valence-corrected chi connectivity index (χ1v) is 15.8. The summed E-state index contributed by atoms with van der Waals surface area (Å²) in [5, 5.41) is 51.8. The van der Waals surface area contributed by atoms with Crippen molar-refractivity contribution in [1.29, 1.82) is 0 Å². The van der Waals surface area contributed by atoms with Crippen LogP contribution < -0.4 is 10.6 Å². The number of carbonyl (C=O) groups is 3. The molecule has 6 rings (SSSR count). The number of nitrogens with zero attached hydrogens (tertiary/aromatic N) is 5. The molecule has 3 atom stereocenters. The molecule has 4 aromatic carbocycles. The van der Waals surface area contributed by atoms with Gasteiger partial charge in [0.25, 0.3) is 23.4 Å². The highest BCUT2D eigenvalue weighted by atomic mass is 16.6. The SMILES string of the molecule is O=C(N[C@@H](Cc1ccccc1)[C@H](O)C(=O)Nc1cccc(-c2nn[nH]n2)c1)c1cc(C(=O)N2COC[C@@H]2Cc2ccc(O)cc2)cc([N+](=O)[O-])c1. The number of tetrazole rings is 1. The number of hydrogen-bond donors (Lipinski definition) is 5. The van der Waals surface area contributed by atoms with Crippen LogP contribution in [-0.2, 0) is 22.4 Å². The average Bonchev–Trinajstić information content (AvgIpc) is 3.85. The molecule has 260 valence electrons. The number of non-ortho nitro benzene ring substituents is 1. The number of nitro groups is 1. The summed E-state index contributed by atoms with van der Waals surface area (Å²) in [7, 11) is 0. The van der Waals surface area contributed by atoms with E-state index in [0.29, 0.717) is 29.1 Å². The van der Waals surface area contributed by atoms with Crippen LogP contribution in [0.3, 0.4) is 0 Å². The van der Waals surface area contributed by atoms with Crippen LogP contribution >= 0.6 is 0 Å². The fraction of sp³-hybridized carbons (Fsp3) is 0.200. The third kappa shape index (κ3) is 8.38. The van der Waals surface area contributed by atoms with Gasteiger partial charge in [-0.2, -0.15) is 5.21 Å². The Morgan fingerprint density at radius 2 is 1.75 bits per heavy atom. The number of aromatic hydroxyl groups is 1. The minimum atomic E-state index is -1.77. The molecular weight excluding hydrogens is 660 g/mol. The monoisotopic (exact) mass is 692 g/mol. The van der Waals surface area contributed by atoms with Crippen LogP contribution in [0.25, 0.3) is 11.4 Å². The van der Waals surface area contributed by atoms with E-state index in [-0.39, 0.29) is 36.6 Å². The van der Waals surface area contributed by atoms with Crippen LogP contribution in [0.4, 0.5) is 11.4 Å². The minimum absolute atomic E-state index is 0.0227. The number of benzene rings is 4. The van der Waals surface area contributed by atoms with Crippen LogP contribution in [0.1, 0.15) is 31.8 Å². The van der Waals surface area contributed by atoms with Gasteiger partial charge >= 0.3 is 0 Å². The van der Waals surface area contributed by atoms with Crippen LogP contribution in [-0.4, -0.2) is 89.9 Å². The molecular formula is C35H32N8O8. The van der Waals surface area contributed by atoms with Crippen molar-refractivity contribution in [2.24, 2.45) is 0 Å². The fourth-order valence-corrected chi connectivity index (χ4v) is 5.70. The number of phenols is 1. The number of phenolic OH excluding ortho intramolecular Hbond substituents is 1. The molecule has 3 amide bonds. The summed E-state index contributed by atoms with van der Waals surface area (Å²) in [6, 6.07) is 23.6. The quantitative estimate of drug-likeness (QED) is 0.0944. The number of rotatable bonds is 12. The lowest BCUT2D eigenvalue weighted by Gasteiger charge is -2.25. The van der Waals surface area contributed by atoms with E-state index in [1.54, 1.807) is 66.7 Å². The van der Waals surface area contributed by atoms with E-state index >= 15 is 0 Å². The number of aliphatic hydroxyl groups excluding tert-OH is 1. The molecule has 2 heterocycles. The third-order valence-corrected chi connectivity index (χ3v) is 8.29. The van der Waals surface area contributed by atoms with Gasteiger partial charge in [-0.3, -0.25) is 24.5 Å². The molecule has 51 heavy (non-hydrogen) atoms. The molecule has 0 radical (unpaired) electrons. The van der Waals surface area contributed by atoms with Gasteiger partial charge in [0.15, 0.2) is 6.10 Å². The zero-order chi connectivity index (χ0) is 35.9. The maximum absolute atomic E-state index is 13.7. The van der Waals surface area contributed by atoms with Crippen molar-refractivity contribution in [2.45, 2.75) is 31.0 Å². The normalized spacial score (nSPS) is 15.2. The van der Waals surface area contributed by atoms with Crippen LogP contribution in [0.5, 0.6) is 5.75 Å². The molecule has 1 fully saturated rings. The number of amides is 3. The van der Waals surface area contributed by atoms with Crippen molar-refractivity contribution < 1.29 is 34.3 Å². The Balaban J connectivity index is 1.23. The molecule has 5 N–H and O–H groups in total. The molecule has 0 saturated carbocycles. The molecule has 1 aliphatic heterocycles. The number of nitrogens with one attached hydrogen (secondary N) is 3. The van der Waals surface area contributed by atoms with Gasteiger partial charge in [0.1, 0.15) is 12.5 Å². The summed E-state index contributed by atoms with van der Waals surface area (Å²) in [5.74, 6) is -1.87. The third-order valence-electron chi connectivity index (χ3n) is 8.29. The summed E-state index contributed by atoms with van der Waals surface area (Å²) in [5.41, 5.74) is 1.57. The second-order valence-electron chi connectivity index (χ2n) is 11.8. The smallest absolute Gasteiger partial charge is 0.271 e. The van der Waals surface area contributed by atoms with Gasteiger partial charge in [0.2, 0.25) is 5.82 Å². The molecule has 16 nitrogen and oxygen atoms in total. The molecule has 0 spiro atoms. The highest BCUT2D eigenvalue weighted by Crippen LogP contribution is 2.24. The van der Waals surface area contributed by atoms with E-state index < -0.39 is 46.5 Å². The van der Waals surface area contributed by atoms with Gasteiger partial charge in [0.05, 0.1) is 23.6 Å². The Labute approximate surface area is 290 Å². The maximum atomic E-state index is 13.7. The first-order chi connectivity index (χ1) is 24.6. The van der Waals surface area contributed by atoms with Crippen molar-refractivity contribution in [1.82, 2.24) is 30.8 Å². The summed E-state index contributed by atoms with van der Waals surface area (Å²) in [4.78, 5) is 53.5. The predicted molar refractivity (Wildman–Crippen MR) is 181 cm³/mol. The Bertz CT molecular complexity index is 2030. The van der Waals surface area contributed by atoms with Crippen molar-refractivity contribution in [2.75, 3.05) is 18.7 Å². The van der Waals surface area contributed by atoms with Crippen LogP contribution in [0.15, 0.2) is 97.1 Å². The van der Waals surface area contributed by atoms with Crippen molar-refractivity contribution in [3.8, 4) is 17.1 Å². The van der Waals surface area contributed by atoms with Gasteiger partial charge in [0, 0.05) is 34.5 Å². The molecule has 5 aromatic rings. The van der Waals surface area contributed by atoms with Gasteiger partial charge in [-0.15, -0.1) is 10.2 Å². The van der Waals surface area contributed by atoms with E-state index in [1.165, 1.54) is 23.1 Å². The molecule has 0 aliphatic carbocycles. The van der Waals surface area contributed by atoms with Crippen molar-refractivity contribution >= 4 is 29.1 Å². The molecule has 16 heteroatoms. The summed E-state index contributed by atoms with van der Waals surface area (Å²) in [6.45, 7) is 0.154. The molecule has 0 bridgehead atoms. The Morgan fingerprint density at radius 3 is 2.47 bits per heavy atom. The van der Waals surface area contributed by atoms with Crippen molar-refractivity contribution in [3.63, 3.8) is 0 Å². The van der Waals surface area contributed by atoms with Crippen molar-refractivity contribution in [3.05, 3.63) is 129 Å². The number of nitro benzene ring substituents is 1. The first kappa shape index (κ1) is 34.3. The Morgan fingerprint density at radius 1 is 0.980 bits per heavy atom. The molecule has 1 saturated heterocycles. The standard InChI is InChI=1S/C35H32N8O8/c44-29-11-9-22(10-12-29)13-28-19-51-20-42(28)35(48)25-15-24(17-27(18-25)43(49)50)33(46)37-30(14-21-5-2-1-3-6-21)31(45)34(47)36-26-8-4-7-23(16-26)32-38-40-41-39-32/h1-12,15-18,28,30-31,44-45H,13-14,19-20H2,(H,36,47)(H,37,46)(H,38,39,40,41)/t28-,30-,31-/m0/s1. The predicted octanol–water partition coefficient (Wildman–Crippen LogP) is 2.86. The number of carbonyl (C=O) groups excluding carboxylic acids is 3. The second kappa shape index (κ2) is 15.4. The number of H-pyrrole nitrogens is 1. The number of aromatic amines is 1. The number of hydrogen-bond acceptors (Lipinski definition) is 11. The summed E-state index contributed by atoms with van der Waals surface area (Å²) >= 11 is 0. The largest absolute Gasteiger partial charge is 0.508 e. The molecule has 1 aliphatic rings. The highest BCUT2D eigenvalue weighted by Gasteiger charge is 2.33. The van der Waals surface area contributed by atoms with Gasteiger partial charge in [-0.25, -0.2) is 0 Å². The van der Waals surface area contributed by atoms with Gasteiger partial charge in [-0.1, -0.05) is 54.6 Å². The zero-order valence-corrected chi connectivity index (χ0v) is 26.9. The van der Waals surface area contributed by atoms with E-state index in [0.717, 1.165) is 17.7 Å². The Hall–Kier alpha value is -6.52. The second-order valence-corrected chi connectivity index (χ2v) is 11.8. The lowest BCUT2D eigenvalue weighted by molar-refractivity contribution is -0.384. The molecule has 1 aromatic heterocycles. The lowest BCUT2D eigenvalue weighted by Crippen LogP contribution is -2.50. The molecule has 0 unspecified atom stereocenters. The summed E-state index contributed by atoms with van der Waals surface area (Å²) < 4.78 is 5.56. The highest BCUT2D eigenvalue weighted by molar-refractivity contribution is 6.01. The van der Waals surface area contributed by atoms with Crippen LogP contribution in [0.2, 0.25) is 0 Å². The average molecular weight is 693 g/mol. The van der Waals surface area contributed by atoms with Crippen LogP contribution in [0, 0.1) is 10.1 Å². The minimum Gasteiger partial charge on any atom is -0.508 e. The van der Waals surface area contributed by atoms with E-state index in [1.807, 2.05) is 0 Å². The topological polar surface area (TPSA) is 226 Å². The first-order valence-electron chi connectivity index (χ1n) is 15.8. The van der Waals surface area contributed by atoms with E-state index in [4.69, 9.17) is 4.74 Å². The maximum Gasteiger partial charge on any atom is 0.271 e. The zero-order valence-electron chi connectivity index (χ0n) is 26.9. The van der Waals surface area contributed by atoms with E-state index in [9.17, 15) is 34.7 Å². The summed E-state index contributed by atoms with van der Waals surface area (Å²) in [6.07, 6.45) is -1.35. The number of anilines is 1. The number of aliphatic hydroxyl groups is 1. The van der Waals surface area contributed by atoms with Gasteiger partial charge < -0.3 is 30.5 Å². The fourth-order valence-electron chi connectivity index (χ4n) is 5.70.